The smallest absolute Gasteiger partial charge is 0.230 e. The number of carbonyl (C=O) groups is 1. The molecule has 0 aromatic carbocycles. The van der Waals surface area contributed by atoms with Gasteiger partial charge in [0.25, 0.3) is 0 Å². The van der Waals surface area contributed by atoms with Crippen molar-refractivity contribution in [1.82, 2.24) is 5.48 Å². The van der Waals surface area contributed by atoms with Crippen LogP contribution in [-0.2, 0) is 9.63 Å². The molecular weight excluding hydrogens is 130 g/mol. The van der Waals surface area contributed by atoms with E-state index in [1.165, 1.54) is 0 Å². The molecule has 1 N–H and O–H groups in total. The van der Waals surface area contributed by atoms with Crippen LogP contribution in [0.1, 0.15) is 6.92 Å². The standard InChI is InChI=1S/C7H11NO2/c1-2-3-4-5-6-10-8-7-9/h2-5,7H,6H2,1H3,(H,8,9). The van der Waals surface area contributed by atoms with E-state index in [0.29, 0.717) is 13.0 Å². The van der Waals surface area contributed by atoms with Crippen LogP contribution < -0.4 is 5.48 Å². The Morgan fingerprint density at radius 3 is 2.90 bits per heavy atom. The van der Waals surface area contributed by atoms with Gasteiger partial charge in [-0.3, -0.25) is 9.63 Å². The summed E-state index contributed by atoms with van der Waals surface area (Å²) in [5.74, 6) is 0. The molecule has 0 atom stereocenters. The van der Waals surface area contributed by atoms with E-state index in [1.807, 2.05) is 25.2 Å². The summed E-state index contributed by atoms with van der Waals surface area (Å²) in [7, 11) is 0. The lowest BCUT2D eigenvalue weighted by Crippen LogP contribution is -2.10. The molecule has 0 saturated carbocycles. The van der Waals surface area contributed by atoms with Gasteiger partial charge in [-0.25, -0.2) is 5.48 Å². The minimum atomic E-state index is 0.392. The Morgan fingerprint density at radius 1 is 1.50 bits per heavy atom. The summed E-state index contributed by atoms with van der Waals surface area (Å²) >= 11 is 0. The highest BCUT2D eigenvalue weighted by Crippen LogP contribution is 1.76. The molecule has 56 valence electrons. The first kappa shape index (κ1) is 8.91. The summed E-state index contributed by atoms with van der Waals surface area (Å²) in [6.07, 6.45) is 7.90. The molecule has 3 nitrogen and oxygen atoms in total. The van der Waals surface area contributed by atoms with Gasteiger partial charge in [-0.2, -0.15) is 0 Å². The van der Waals surface area contributed by atoms with Gasteiger partial charge < -0.3 is 0 Å². The molecule has 0 saturated heterocycles. The van der Waals surface area contributed by atoms with E-state index in [1.54, 1.807) is 6.08 Å². The Hall–Kier alpha value is -1.09. The monoisotopic (exact) mass is 141 g/mol. The maximum Gasteiger partial charge on any atom is 0.230 e. The van der Waals surface area contributed by atoms with Crippen molar-refractivity contribution in [3.05, 3.63) is 24.3 Å². The summed E-state index contributed by atoms with van der Waals surface area (Å²) in [5, 5.41) is 0. The van der Waals surface area contributed by atoms with Gasteiger partial charge in [-0.1, -0.05) is 24.3 Å². The summed E-state index contributed by atoms with van der Waals surface area (Å²) < 4.78 is 0. The molecule has 0 unspecified atom stereocenters. The highest BCUT2D eigenvalue weighted by Gasteiger charge is 1.73. The third kappa shape index (κ3) is 6.91. The maximum absolute atomic E-state index is 9.62. The van der Waals surface area contributed by atoms with Gasteiger partial charge in [0.15, 0.2) is 0 Å². The Bertz CT molecular complexity index is 130. The van der Waals surface area contributed by atoms with Gasteiger partial charge in [-0.15, -0.1) is 0 Å². The van der Waals surface area contributed by atoms with Crippen LogP contribution >= 0.6 is 0 Å². The predicted molar refractivity (Wildman–Crippen MR) is 39.1 cm³/mol. The number of hydrogen-bond acceptors (Lipinski definition) is 2. The molecule has 0 aliphatic carbocycles. The summed E-state index contributed by atoms with van der Waals surface area (Å²) in [6, 6.07) is 0. The third-order valence-corrected chi connectivity index (χ3v) is 0.751. The van der Waals surface area contributed by atoms with E-state index < -0.39 is 0 Å². The Kier molecular flexibility index (Phi) is 7.05. The molecule has 1 amide bonds. The number of hydroxylamine groups is 1. The number of allylic oxidation sites excluding steroid dienone is 3. The average Bonchev–Trinajstić information content (AvgIpc) is 1.97. The molecule has 0 fully saturated rings. The highest BCUT2D eigenvalue weighted by molar-refractivity contribution is 5.43. The zero-order chi connectivity index (χ0) is 7.66. The molecule has 0 rings (SSSR count). The van der Waals surface area contributed by atoms with E-state index in [9.17, 15) is 4.79 Å². The highest BCUT2D eigenvalue weighted by atomic mass is 16.6. The lowest BCUT2D eigenvalue weighted by molar-refractivity contribution is -0.119. The lowest BCUT2D eigenvalue weighted by Gasteiger charge is -1.91. The second-order valence-corrected chi connectivity index (χ2v) is 1.50. The Labute approximate surface area is 60.3 Å². The maximum atomic E-state index is 9.62. The van der Waals surface area contributed by atoms with Crippen molar-refractivity contribution in [2.24, 2.45) is 0 Å². The molecule has 0 aliphatic rings. The quantitative estimate of drug-likeness (QED) is 0.266. The van der Waals surface area contributed by atoms with E-state index in [2.05, 4.69) is 10.3 Å². The van der Waals surface area contributed by atoms with Crippen LogP contribution in [-0.4, -0.2) is 13.0 Å². The first-order valence-corrected chi connectivity index (χ1v) is 3.00. The fourth-order valence-corrected chi connectivity index (χ4v) is 0.375. The van der Waals surface area contributed by atoms with Crippen LogP contribution in [0.5, 0.6) is 0 Å². The van der Waals surface area contributed by atoms with Crippen LogP contribution in [0.4, 0.5) is 0 Å². The topological polar surface area (TPSA) is 38.3 Å². The fraction of sp³-hybridized carbons (Fsp3) is 0.286. The minimum Gasteiger partial charge on any atom is -0.277 e. The molecule has 10 heavy (non-hydrogen) atoms. The molecule has 0 spiro atoms. The molecule has 3 heteroatoms. The van der Waals surface area contributed by atoms with E-state index in [0.717, 1.165) is 0 Å². The predicted octanol–water partition coefficient (Wildman–Crippen LogP) is 0.796. The zero-order valence-electron chi connectivity index (χ0n) is 5.91. The lowest BCUT2D eigenvalue weighted by atomic mass is 10.4. The molecule has 0 bridgehead atoms. The zero-order valence-corrected chi connectivity index (χ0v) is 5.91. The summed E-state index contributed by atoms with van der Waals surface area (Å²) in [6.45, 7) is 2.32. The normalized spacial score (nSPS) is 10.9. The van der Waals surface area contributed by atoms with Crippen LogP contribution in [0.3, 0.4) is 0 Å². The van der Waals surface area contributed by atoms with Crippen molar-refractivity contribution >= 4 is 6.41 Å². The average molecular weight is 141 g/mol. The molecule has 0 aliphatic heterocycles. The van der Waals surface area contributed by atoms with Crippen molar-refractivity contribution in [3.63, 3.8) is 0 Å². The molecule has 0 aromatic heterocycles. The molecule has 0 radical (unpaired) electrons. The van der Waals surface area contributed by atoms with Crippen molar-refractivity contribution in [2.45, 2.75) is 6.92 Å². The van der Waals surface area contributed by atoms with Crippen molar-refractivity contribution < 1.29 is 9.63 Å². The van der Waals surface area contributed by atoms with Crippen LogP contribution in [0, 0.1) is 0 Å². The Balaban J connectivity index is 3.09. The van der Waals surface area contributed by atoms with Gasteiger partial charge in [0, 0.05) is 0 Å². The van der Waals surface area contributed by atoms with Crippen LogP contribution in [0.15, 0.2) is 24.3 Å². The number of hydrogen-bond donors (Lipinski definition) is 1. The van der Waals surface area contributed by atoms with Crippen LogP contribution in [0.2, 0.25) is 0 Å². The largest absolute Gasteiger partial charge is 0.277 e. The number of rotatable bonds is 5. The van der Waals surface area contributed by atoms with Gasteiger partial charge in [0.05, 0.1) is 6.61 Å². The van der Waals surface area contributed by atoms with Gasteiger partial charge in [-0.05, 0) is 6.92 Å². The molecular formula is C7H11NO2. The number of amides is 1. The van der Waals surface area contributed by atoms with Crippen molar-refractivity contribution in [2.75, 3.05) is 6.61 Å². The first-order valence-electron chi connectivity index (χ1n) is 3.00. The molecule has 0 heterocycles. The summed E-state index contributed by atoms with van der Waals surface area (Å²) in [5.41, 5.74) is 2.07. The number of nitrogens with one attached hydrogen (secondary N) is 1. The fourth-order valence-electron chi connectivity index (χ4n) is 0.375. The van der Waals surface area contributed by atoms with Crippen molar-refractivity contribution in [1.29, 1.82) is 0 Å². The number of carbonyl (C=O) groups excluding carboxylic acids is 1. The van der Waals surface area contributed by atoms with E-state index in [4.69, 9.17) is 0 Å². The van der Waals surface area contributed by atoms with Gasteiger partial charge >= 0.3 is 0 Å². The van der Waals surface area contributed by atoms with Crippen LogP contribution in [0.25, 0.3) is 0 Å². The van der Waals surface area contributed by atoms with E-state index >= 15 is 0 Å². The summed E-state index contributed by atoms with van der Waals surface area (Å²) in [4.78, 5) is 14.2. The Morgan fingerprint density at radius 2 is 2.30 bits per heavy atom. The SMILES string of the molecule is CC=CC=CCONC=O. The van der Waals surface area contributed by atoms with E-state index in [-0.39, 0.29) is 0 Å². The molecule has 0 aromatic rings. The van der Waals surface area contributed by atoms with Crippen molar-refractivity contribution in [3.8, 4) is 0 Å². The van der Waals surface area contributed by atoms with Gasteiger partial charge in [0.1, 0.15) is 0 Å². The third-order valence-electron chi connectivity index (χ3n) is 0.751. The second kappa shape index (κ2) is 7.91. The van der Waals surface area contributed by atoms with Gasteiger partial charge in [0.2, 0.25) is 6.41 Å². The first-order chi connectivity index (χ1) is 4.91. The minimum absolute atomic E-state index is 0.392. The second-order valence-electron chi connectivity index (χ2n) is 1.50.